The summed E-state index contributed by atoms with van der Waals surface area (Å²) in [6.07, 6.45) is 10.9. The van der Waals surface area contributed by atoms with Gasteiger partial charge in [0.25, 0.3) is 0 Å². The Morgan fingerprint density at radius 3 is 2.33 bits per heavy atom. The van der Waals surface area contributed by atoms with Gasteiger partial charge in [-0.05, 0) is 110 Å². The Kier molecular flexibility index (Phi) is 6.94. The molecule has 6 aliphatic rings. The summed E-state index contributed by atoms with van der Waals surface area (Å²) in [5.74, 6) is 1.19. The van der Waals surface area contributed by atoms with Crippen molar-refractivity contribution in [1.29, 1.82) is 0 Å². The molecular formula is C34H54O6. The highest BCUT2D eigenvalue weighted by Gasteiger charge is 2.66. The summed E-state index contributed by atoms with van der Waals surface area (Å²) in [5, 5.41) is 30.9. The fraction of sp³-hybridized carbons (Fsp3) is 0.912. The van der Waals surface area contributed by atoms with Crippen LogP contribution in [0.3, 0.4) is 0 Å². The predicted molar refractivity (Wildman–Crippen MR) is 153 cm³/mol. The van der Waals surface area contributed by atoms with E-state index in [9.17, 15) is 20.1 Å². The van der Waals surface area contributed by atoms with Gasteiger partial charge in [-0.15, -0.1) is 0 Å². The number of allylic oxidation sites excluding steroid dienone is 2. The summed E-state index contributed by atoms with van der Waals surface area (Å²) in [6, 6.07) is 0. The molecule has 6 rings (SSSR count). The summed E-state index contributed by atoms with van der Waals surface area (Å²) >= 11 is 0. The number of carbonyl (C=O) groups is 1. The number of hydrogen-bond donors (Lipinski definition) is 3. The highest BCUT2D eigenvalue weighted by molar-refractivity contribution is 5.76. The molecule has 0 aromatic heterocycles. The zero-order chi connectivity index (χ0) is 28.9. The zero-order valence-corrected chi connectivity index (χ0v) is 25.7. The van der Waals surface area contributed by atoms with E-state index in [1.807, 2.05) is 0 Å². The lowest BCUT2D eigenvalue weighted by Crippen LogP contribution is -2.63. The number of ether oxygens (including phenoxy) is 2. The van der Waals surface area contributed by atoms with Crippen LogP contribution in [0.1, 0.15) is 112 Å². The van der Waals surface area contributed by atoms with Gasteiger partial charge in [0.05, 0.1) is 24.2 Å². The fourth-order valence-corrected chi connectivity index (χ4v) is 11.6. The highest BCUT2D eigenvalue weighted by atomic mass is 16.7. The van der Waals surface area contributed by atoms with Crippen LogP contribution < -0.4 is 0 Å². The van der Waals surface area contributed by atoms with Gasteiger partial charge in [-0.3, -0.25) is 4.79 Å². The minimum Gasteiger partial charge on any atom is -0.481 e. The molecule has 0 radical (unpaired) electrons. The molecule has 0 spiro atoms. The summed E-state index contributed by atoms with van der Waals surface area (Å²) in [6.45, 7) is 14.7. The van der Waals surface area contributed by atoms with Gasteiger partial charge < -0.3 is 24.8 Å². The molecule has 6 heteroatoms. The summed E-state index contributed by atoms with van der Waals surface area (Å²) in [5.41, 5.74) is 1.46. The van der Waals surface area contributed by atoms with E-state index in [1.54, 1.807) is 0 Å². The van der Waals surface area contributed by atoms with Crippen molar-refractivity contribution < 1.29 is 29.6 Å². The number of rotatable bonds is 3. The molecule has 5 aliphatic carbocycles. The number of fused-ring (bicyclic) bond motifs is 7. The van der Waals surface area contributed by atoms with E-state index in [0.29, 0.717) is 24.2 Å². The zero-order valence-electron chi connectivity index (χ0n) is 25.7. The Morgan fingerprint density at radius 2 is 1.62 bits per heavy atom. The minimum absolute atomic E-state index is 0.00912. The first-order valence-corrected chi connectivity index (χ1v) is 16.2. The number of carboxylic acid groups (broad SMARTS) is 1. The third-order valence-electron chi connectivity index (χ3n) is 13.8. The molecule has 1 heterocycles. The van der Waals surface area contributed by atoms with Crippen LogP contribution in [-0.2, 0) is 14.3 Å². The molecule has 3 N–H and O–H groups in total. The molecule has 11 atom stereocenters. The van der Waals surface area contributed by atoms with Crippen molar-refractivity contribution in [3.05, 3.63) is 11.6 Å². The Bertz CT molecular complexity index is 1050. The van der Waals surface area contributed by atoms with E-state index in [1.165, 1.54) is 12.0 Å². The lowest BCUT2D eigenvalue weighted by atomic mass is 9.37. The van der Waals surface area contributed by atoms with Crippen LogP contribution in [0.15, 0.2) is 11.6 Å². The van der Waals surface area contributed by atoms with Crippen molar-refractivity contribution in [2.45, 2.75) is 137 Å². The van der Waals surface area contributed by atoms with E-state index in [2.05, 4.69) is 47.6 Å². The Morgan fingerprint density at radius 1 is 0.900 bits per heavy atom. The lowest BCUT2D eigenvalue weighted by Gasteiger charge is -2.68. The van der Waals surface area contributed by atoms with Crippen LogP contribution in [0.25, 0.3) is 0 Å². The summed E-state index contributed by atoms with van der Waals surface area (Å²) in [4.78, 5) is 12.8. The predicted octanol–water partition coefficient (Wildman–Crippen LogP) is 6.34. The molecule has 1 saturated heterocycles. The lowest BCUT2D eigenvalue weighted by molar-refractivity contribution is -0.287. The SMILES string of the molecule is CC1(C)CCC2(C(=O)O)CCC3C(=CCC4C3(C)CCC3C(C)(C)C(OC5OCC(O)CC5O)CCC34C)C2C1. The molecular weight excluding hydrogens is 504 g/mol. The van der Waals surface area contributed by atoms with Gasteiger partial charge in [-0.25, -0.2) is 0 Å². The monoisotopic (exact) mass is 558 g/mol. The molecule has 0 amide bonds. The van der Waals surface area contributed by atoms with Gasteiger partial charge in [0.15, 0.2) is 6.29 Å². The molecule has 1 aliphatic heterocycles. The molecule has 0 aromatic rings. The van der Waals surface area contributed by atoms with Gasteiger partial charge in [0.2, 0.25) is 0 Å². The number of carboxylic acids is 1. The molecule has 5 fully saturated rings. The quantitative estimate of drug-likeness (QED) is 0.276. The third-order valence-corrected chi connectivity index (χ3v) is 13.8. The average molecular weight is 559 g/mol. The van der Waals surface area contributed by atoms with E-state index in [-0.39, 0.29) is 40.3 Å². The van der Waals surface area contributed by atoms with Crippen molar-refractivity contribution in [3.63, 3.8) is 0 Å². The molecule has 40 heavy (non-hydrogen) atoms. The molecule has 11 unspecified atom stereocenters. The summed E-state index contributed by atoms with van der Waals surface area (Å²) < 4.78 is 12.2. The molecule has 0 bridgehead atoms. The normalized spacial score (nSPS) is 51.4. The van der Waals surface area contributed by atoms with Gasteiger partial charge in [-0.1, -0.05) is 53.2 Å². The van der Waals surface area contributed by atoms with Gasteiger partial charge in [0, 0.05) is 6.42 Å². The first-order chi connectivity index (χ1) is 18.6. The van der Waals surface area contributed by atoms with Crippen LogP contribution in [0.2, 0.25) is 0 Å². The Balaban J connectivity index is 1.27. The Labute approximate surface area is 241 Å². The molecule has 6 nitrogen and oxygen atoms in total. The van der Waals surface area contributed by atoms with Crippen LogP contribution in [0.4, 0.5) is 0 Å². The summed E-state index contributed by atoms with van der Waals surface area (Å²) in [7, 11) is 0. The van der Waals surface area contributed by atoms with Gasteiger partial charge in [0.1, 0.15) is 6.10 Å². The number of hydrogen-bond acceptors (Lipinski definition) is 5. The van der Waals surface area contributed by atoms with Crippen molar-refractivity contribution in [3.8, 4) is 0 Å². The second kappa shape index (κ2) is 9.53. The van der Waals surface area contributed by atoms with Crippen molar-refractivity contribution in [1.82, 2.24) is 0 Å². The first kappa shape index (κ1) is 29.1. The van der Waals surface area contributed by atoms with Gasteiger partial charge >= 0.3 is 5.97 Å². The number of aliphatic hydroxyl groups excluding tert-OH is 2. The standard InChI is InChI=1S/C34H54O6/c1-30(2)15-16-34(29(37)38)14-9-22-21(23(34)18-30)7-8-26-32(22,5)12-10-25-31(3,4)27(11-13-33(25,26)6)40-28-24(36)17-20(35)19-39-28/h7,20,22-28,35-36H,8-19H2,1-6H3,(H,37,38). The fourth-order valence-electron chi connectivity index (χ4n) is 11.6. The second-order valence-corrected chi connectivity index (χ2v) is 16.7. The first-order valence-electron chi connectivity index (χ1n) is 16.2. The van der Waals surface area contributed by atoms with Crippen molar-refractivity contribution >= 4 is 5.97 Å². The third kappa shape index (κ3) is 4.20. The highest BCUT2D eigenvalue weighted by Crippen LogP contribution is 2.72. The smallest absolute Gasteiger partial charge is 0.310 e. The van der Waals surface area contributed by atoms with E-state index in [4.69, 9.17) is 9.47 Å². The van der Waals surface area contributed by atoms with Crippen LogP contribution in [0.5, 0.6) is 0 Å². The largest absolute Gasteiger partial charge is 0.481 e. The number of aliphatic carboxylic acids is 1. The molecule has 0 aromatic carbocycles. The maximum absolute atomic E-state index is 12.8. The van der Waals surface area contributed by atoms with E-state index < -0.39 is 29.9 Å². The molecule has 4 saturated carbocycles. The number of aliphatic hydroxyl groups is 2. The van der Waals surface area contributed by atoms with Crippen molar-refractivity contribution in [2.24, 2.45) is 50.7 Å². The minimum atomic E-state index is -0.793. The van der Waals surface area contributed by atoms with E-state index in [0.717, 1.165) is 57.8 Å². The van der Waals surface area contributed by atoms with Crippen molar-refractivity contribution in [2.75, 3.05) is 6.61 Å². The average Bonchev–Trinajstić information content (AvgIpc) is 2.86. The van der Waals surface area contributed by atoms with E-state index >= 15 is 0 Å². The maximum atomic E-state index is 12.8. The Hall–Kier alpha value is -0.950. The van der Waals surface area contributed by atoms with Crippen LogP contribution >= 0.6 is 0 Å². The van der Waals surface area contributed by atoms with Crippen LogP contribution in [0, 0.1) is 50.7 Å². The topological polar surface area (TPSA) is 96.2 Å². The second-order valence-electron chi connectivity index (χ2n) is 16.7. The maximum Gasteiger partial charge on any atom is 0.310 e. The van der Waals surface area contributed by atoms with Gasteiger partial charge in [-0.2, -0.15) is 0 Å². The molecule has 226 valence electrons. The van der Waals surface area contributed by atoms with Crippen LogP contribution in [-0.4, -0.2) is 52.5 Å².